The molecule has 3 aromatic rings. The Morgan fingerprint density at radius 3 is 2.77 bits per heavy atom. The Balaban J connectivity index is 1.40. The second-order valence-corrected chi connectivity index (χ2v) is 7.71. The molecule has 0 aliphatic heterocycles. The van der Waals surface area contributed by atoms with E-state index in [2.05, 4.69) is 28.5 Å². The van der Waals surface area contributed by atoms with Crippen molar-refractivity contribution in [2.45, 2.75) is 38.5 Å². The van der Waals surface area contributed by atoms with Gasteiger partial charge in [0.2, 0.25) is 5.91 Å². The number of thiazole rings is 1. The molecule has 0 atom stereocenters. The summed E-state index contributed by atoms with van der Waals surface area (Å²) in [6.45, 7) is 0. The molecular formula is C22H22N2OS. The molecular weight excluding hydrogens is 340 g/mol. The number of rotatable bonds is 5. The van der Waals surface area contributed by atoms with Crippen molar-refractivity contribution in [3.63, 3.8) is 0 Å². The van der Waals surface area contributed by atoms with Gasteiger partial charge in [-0.3, -0.25) is 4.79 Å². The van der Waals surface area contributed by atoms with Crippen molar-refractivity contribution in [3.8, 4) is 0 Å². The Bertz CT molecular complexity index is 902. The maximum atomic E-state index is 12.5. The van der Waals surface area contributed by atoms with E-state index < -0.39 is 0 Å². The molecule has 0 fully saturated rings. The Kier molecular flexibility index (Phi) is 5.12. The number of hydrogen-bond acceptors (Lipinski definition) is 3. The summed E-state index contributed by atoms with van der Waals surface area (Å²) in [6, 6.07) is 16.5. The van der Waals surface area contributed by atoms with E-state index in [1.165, 1.54) is 29.5 Å². The first-order chi connectivity index (χ1) is 12.8. The van der Waals surface area contributed by atoms with E-state index in [0.29, 0.717) is 6.42 Å². The fourth-order valence-corrected chi connectivity index (χ4v) is 4.37. The second-order valence-electron chi connectivity index (χ2n) is 6.77. The van der Waals surface area contributed by atoms with Crippen LogP contribution in [0.2, 0.25) is 0 Å². The molecule has 0 radical (unpaired) electrons. The van der Waals surface area contributed by atoms with Crippen LogP contribution in [0.3, 0.4) is 0 Å². The molecule has 1 aromatic heterocycles. The molecule has 0 saturated carbocycles. The van der Waals surface area contributed by atoms with Crippen LogP contribution in [0.25, 0.3) is 0 Å². The van der Waals surface area contributed by atoms with E-state index in [9.17, 15) is 4.79 Å². The number of fused-ring (bicyclic) bond motifs is 1. The highest BCUT2D eigenvalue weighted by Crippen LogP contribution is 2.28. The molecule has 1 amide bonds. The molecule has 4 rings (SSSR count). The molecule has 4 heteroatoms. The van der Waals surface area contributed by atoms with E-state index in [1.54, 1.807) is 11.3 Å². The number of aryl methyl sites for hydroxylation is 1. The number of anilines is 1. The number of aromatic nitrogens is 1. The highest BCUT2D eigenvalue weighted by atomic mass is 32.1. The Morgan fingerprint density at radius 1 is 1.04 bits per heavy atom. The molecule has 3 nitrogen and oxygen atoms in total. The van der Waals surface area contributed by atoms with Gasteiger partial charge in [-0.15, -0.1) is 11.3 Å². The van der Waals surface area contributed by atoms with Crippen LogP contribution in [0.1, 0.15) is 40.2 Å². The summed E-state index contributed by atoms with van der Waals surface area (Å²) in [5, 5.41) is 6.15. The summed E-state index contributed by atoms with van der Waals surface area (Å²) in [5.74, 6) is 0.0144. The zero-order chi connectivity index (χ0) is 17.8. The lowest BCUT2D eigenvalue weighted by molar-refractivity contribution is -0.115. The van der Waals surface area contributed by atoms with Crippen LogP contribution in [0.15, 0.2) is 53.9 Å². The summed E-state index contributed by atoms with van der Waals surface area (Å²) in [4.78, 5) is 17.1. The quantitative estimate of drug-likeness (QED) is 0.709. The lowest BCUT2D eigenvalue weighted by Gasteiger charge is -2.19. The van der Waals surface area contributed by atoms with Crippen LogP contribution in [0.5, 0.6) is 0 Å². The average molecular weight is 362 g/mol. The first-order valence-electron chi connectivity index (χ1n) is 9.16. The number of nitrogens with one attached hydrogen (secondary N) is 1. The fourth-order valence-electron chi connectivity index (χ4n) is 3.54. The predicted molar refractivity (Wildman–Crippen MR) is 107 cm³/mol. The number of carbonyl (C=O) groups is 1. The first-order valence-corrected chi connectivity index (χ1v) is 10.0. The lowest BCUT2D eigenvalue weighted by Crippen LogP contribution is -2.17. The van der Waals surface area contributed by atoms with Gasteiger partial charge < -0.3 is 5.32 Å². The van der Waals surface area contributed by atoms with Crippen molar-refractivity contribution in [1.82, 2.24) is 4.98 Å². The zero-order valence-electron chi connectivity index (χ0n) is 14.7. The van der Waals surface area contributed by atoms with Crippen LogP contribution in [0, 0.1) is 0 Å². The highest BCUT2D eigenvalue weighted by molar-refractivity contribution is 7.09. The largest absolute Gasteiger partial charge is 0.325 e. The average Bonchev–Trinajstić information content (AvgIpc) is 3.09. The maximum Gasteiger partial charge on any atom is 0.230 e. The second kappa shape index (κ2) is 7.83. The minimum absolute atomic E-state index is 0.0144. The van der Waals surface area contributed by atoms with Crippen molar-refractivity contribution in [1.29, 1.82) is 0 Å². The van der Waals surface area contributed by atoms with Crippen molar-refractivity contribution < 1.29 is 4.79 Å². The van der Waals surface area contributed by atoms with Crippen molar-refractivity contribution in [2.24, 2.45) is 0 Å². The fraction of sp³-hybridized carbons (Fsp3) is 0.273. The van der Waals surface area contributed by atoms with Crippen molar-refractivity contribution in [3.05, 3.63) is 81.3 Å². The van der Waals surface area contributed by atoms with Crippen LogP contribution in [-0.2, 0) is 30.5 Å². The summed E-state index contributed by atoms with van der Waals surface area (Å²) in [5.41, 5.74) is 5.77. The van der Waals surface area contributed by atoms with Gasteiger partial charge in [0.05, 0.1) is 17.1 Å². The summed E-state index contributed by atoms with van der Waals surface area (Å²) in [6.07, 6.45) is 5.77. The van der Waals surface area contributed by atoms with E-state index in [4.69, 9.17) is 0 Å². The van der Waals surface area contributed by atoms with Gasteiger partial charge in [-0.1, -0.05) is 42.5 Å². The molecule has 0 spiro atoms. The third-order valence-corrected chi connectivity index (χ3v) is 5.71. The monoisotopic (exact) mass is 362 g/mol. The minimum Gasteiger partial charge on any atom is -0.325 e. The van der Waals surface area contributed by atoms with E-state index in [1.807, 2.05) is 35.7 Å². The van der Waals surface area contributed by atoms with Gasteiger partial charge in [-0.25, -0.2) is 4.98 Å². The smallest absolute Gasteiger partial charge is 0.230 e. The normalized spacial score (nSPS) is 13.2. The van der Waals surface area contributed by atoms with Gasteiger partial charge >= 0.3 is 0 Å². The van der Waals surface area contributed by atoms with Crippen molar-refractivity contribution in [2.75, 3.05) is 5.32 Å². The van der Waals surface area contributed by atoms with Gasteiger partial charge in [0, 0.05) is 17.5 Å². The molecule has 132 valence electrons. The zero-order valence-corrected chi connectivity index (χ0v) is 15.5. The Morgan fingerprint density at radius 2 is 1.88 bits per heavy atom. The van der Waals surface area contributed by atoms with E-state index >= 15 is 0 Å². The van der Waals surface area contributed by atoms with E-state index in [-0.39, 0.29) is 5.91 Å². The third kappa shape index (κ3) is 4.02. The number of hydrogen-bond donors (Lipinski definition) is 1. The van der Waals surface area contributed by atoms with Crippen LogP contribution in [0.4, 0.5) is 5.69 Å². The molecule has 26 heavy (non-hydrogen) atoms. The van der Waals surface area contributed by atoms with E-state index in [0.717, 1.165) is 35.7 Å². The summed E-state index contributed by atoms with van der Waals surface area (Å²) in [7, 11) is 0. The topological polar surface area (TPSA) is 42.0 Å². The van der Waals surface area contributed by atoms with Gasteiger partial charge in [0.15, 0.2) is 0 Å². The Hall–Kier alpha value is -2.46. The number of carbonyl (C=O) groups excluding carboxylic acids is 1. The Labute approximate surface area is 158 Å². The molecule has 0 bridgehead atoms. The summed E-state index contributed by atoms with van der Waals surface area (Å²) < 4.78 is 0. The number of benzene rings is 2. The first kappa shape index (κ1) is 17.0. The van der Waals surface area contributed by atoms with Gasteiger partial charge in [0.25, 0.3) is 0 Å². The van der Waals surface area contributed by atoms with Gasteiger partial charge in [-0.2, -0.15) is 0 Å². The highest BCUT2D eigenvalue weighted by Gasteiger charge is 2.15. The molecule has 2 aromatic carbocycles. The maximum absolute atomic E-state index is 12.5. The predicted octanol–water partition coefficient (Wildman–Crippen LogP) is 4.79. The molecule has 1 aliphatic rings. The molecule has 1 heterocycles. The van der Waals surface area contributed by atoms with Crippen LogP contribution in [-0.4, -0.2) is 10.9 Å². The van der Waals surface area contributed by atoms with Crippen molar-refractivity contribution >= 4 is 22.9 Å². The molecule has 1 aliphatic carbocycles. The van der Waals surface area contributed by atoms with Crippen LogP contribution >= 0.6 is 11.3 Å². The summed E-state index contributed by atoms with van der Waals surface area (Å²) >= 11 is 1.62. The molecule has 1 N–H and O–H groups in total. The number of amides is 1. The molecule has 0 saturated heterocycles. The van der Waals surface area contributed by atoms with Gasteiger partial charge in [-0.05, 0) is 48.4 Å². The molecule has 0 unspecified atom stereocenters. The lowest BCUT2D eigenvalue weighted by atomic mass is 9.90. The van der Waals surface area contributed by atoms with Crippen LogP contribution < -0.4 is 5.32 Å². The third-order valence-electron chi connectivity index (χ3n) is 4.81. The SMILES string of the molecule is O=C(Cc1csc(Cc2ccccc2)n1)Nc1cccc2c1CCCC2. The minimum atomic E-state index is 0.0144. The van der Waals surface area contributed by atoms with Gasteiger partial charge in [0.1, 0.15) is 0 Å². The standard InChI is InChI=1S/C22H22N2OS/c25-21(24-20-12-6-10-17-9-4-5-11-19(17)20)14-18-15-26-22(23-18)13-16-7-2-1-3-8-16/h1-3,6-8,10,12,15H,4-5,9,11,13-14H2,(H,24,25). The number of nitrogens with zero attached hydrogens (tertiary/aromatic N) is 1.